The van der Waals surface area contributed by atoms with E-state index in [9.17, 15) is 13.6 Å². The second-order valence-corrected chi connectivity index (χ2v) is 7.97. The molecule has 1 unspecified atom stereocenters. The van der Waals surface area contributed by atoms with Crippen LogP contribution in [0.15, 0.2) is 30.5 Å². The number of fused-ring (bicyclic) bond motifs is 2. The van der Waals surface area contributed by atoms with Crippen molar-refractivity contribution < 1.29 is 23.0 Å². The molecule has 0 aliphatic carbocycles. The molecule has 1 aromatic carbocycles. The van der Waals surface area contributed by atoms with Gasteiger partial charge in [-0.2, -0.15) is 0 Å². The first-order chi connectivity index (χ1) is 14.7. The zero-order chi connectivity index (χ0) is 22.3. The lowest BCUT2D eigenvalue weighted by Gasteiger charge is -2.37. The zero-order valence-electron chi connectivity index (χ0n) is 17.5. The Morgan fingerprint density at radius 3 is 2.81 bits per heavy atom. The predicted molar refractivity (Wildman–Crippen MR) is 111 cm³/mol. The Morgan fingerprint density at radius 1 is 1.35 bits per heavy atom. The molecule has 0 fully saturated rings. The van der Waals surface area contributed by atoms with Crippen LogP contribution in [0.4, 0.5) is 8.78 Å². The summed E-state index contributed by atoms with van der Waals surface area (Å²) in [4.78, 5) is 17.8. The van der Waals surface area contributed by atoms with Gasteiger partial charge in [-0.25, -0.2) is 13.8 Å². The van der Waals surface area contributed by atoms with E-state index >= 15 is 0 Å². The number of ether oxygens (including phenoxy) is 2. The fourth-order valence-corrected chi connectivity index (χ4v) is 3.85. The Labute approximate surface area is 180 Å². The second kappa shape index (κ2) is 7.96. The van der Waals surface area contributed by atoms with Crippen LogP contribution in [0.2, 0.25) is 0 Å². The zero-order valence-corrected chi connectivity index (χ0v) is 17.5. The number of nitrogens with one attached hydrogen (secondary N) is 1. The molecule has 31 heavy (non-hydrogen) atoms. The highest BCUT2D eigenvalue weighted by Gasteiger charge is 2.36. The van der Waals surface area contributed by atoms with Crippen LogP contribution in [0, 0.1) is 11.6 Å². The predicted octanol–water partition coefficient (Wildman–Crippen LogP) is 3.42. The molecule has 4 rings (SSSR count). The first-order valence-electron chi connectivity index (χ1n) is 9.97. The number of benzene rings is 1. The van der Waals surface area contributed by atoms with Gasteiger partial charge in [0.05, 0.1) is 24.5 Å². The molecule has 0 bridgehead atoms. The highest BCUT2D eigenvalue weighted by atomic mass is 19.2. The maximum Gasteiger partial charge on any atom is 0.255 e. The highest BCUT2D eigenvalue weighted by molar-refractivity contribution is 6.18. The Kier molecular flexibility index (Phi) is 5.47. The molecule has 6 nitrogen and oxygen atoms in total. The summed E-state index contributed by atoms with van der Waals surface area (Å²) in [5.41, 5.74) is 1.23. The van der Waals surface area contributed by atoms with Gasteiger partial charge in [-0.3, -0.25) is 4.79 Å². The second-order valence-electron chi connectivity index (χ2n) is 7.97. The number of rotatable bonds is 5. The number of halogens is 2. The molecule has 2 radical (unpaired) electrons. The normalized spacial score (nSPS) is 18.1. The summed E-state index contributed by atoms with van der Waals surface area (Å²) in [6, 6.07) is 5.51. The van der Waals surface area contributed by atoms with E-state index in [1.165, 1.54) is 0 Å². The number of amides is 1. The topological polar surface area (TPSA) is 64.9 Å². The molecule has 1 aliphatic heterocycles. The minimum absolute atomic E-state index is 0.109. The van der Waals surface area contributed by atoms with Gasteiger partial charge in [-0.15, -0.1) is 0 Å². The van der Waals surface area contributed by atoms with E-state index in [1.807, 2.05) is 24.3 Å². The molecule has 1 atom stereocenters. The van der Waals surface area contributed by atoms with Crippen molar-refractivity contribution in [2.75, 3.05) is 13.7 Å². The third-order valence-electron chi connectivity index (χ3n) is 5.42. The standard InChI is InChI=1S/C22H22BF2N3O3/c1-12(2)18-8-13(11-30-3)26-20-14(4-6-28(18)20)21(29)27-22(23)5-7-31-19-10-17(25)16(24)9-15(19)22/h4,6,8-10,12H,5,7,11H2,1-3H3,(H,27,29). The molecule has 9 heteroatoms. The van der Waals surface area contributed by atoms with Crippen LogP contribution in [0.1, 0.15) is 53.5 Å². The molecule has 0 spiro atoms. The number of carbonyl (C=O) groups is 1. The van der Waals surface area contributed by atoms with Crippen LogP contribution in [0.5, 0.6) is 5.75 Å². The van der Waals surface area contributed by atoms with E-state index in [1.54, 1.807) is 19.4 Å². The Hall–Kier alpha value is -2.94. The minimum atomic E-state index is -1.42. The van der Waals surface area contributed by atoms with E-state index in [0.717, 1.165) is 17.8 Å². The molecule has 3 heterocycles. The first-order valence-corrected chi connectivity index (χ1v) is 9.97. The summed E-state index contributed by atoms with van der Waals surface area (Å²) in [5, 5.41) is 2.78. The quantitative estimate of drug-likeness (QED) is 0.637. The van der Waals surface area contributed by atoms with Gasteiger partial charge in [0.15, 0.2) is 11.6 Å². The summed E-state index contributed by atoms with van der Waals surface area (Å²) in [5.74, 6) is -2.28. The summed E-state index contributed by atoms with van der Waals surface area (Å²) in [6.45, 7) is 4.55. The SMILES string of the molecule is [B]C1(NC(=O)c2ccn3c(C(C)C)cc(COC)nc23)CCOc2cc(F)c(F)cc21. The molecule has 3 aromatic rings. The Bertz CT molecular complexity index is 1160. The summed E-state index contributed by atoms with van der Waals surface area (Å²) >= 11 is 0. The molecule has 1 N–H and O–H groups in total. The molecule has 0 saturated carbocycles. The Balaban J connectivity index is 1.74. The molecule has 2 aromatic heterocycles. The molecule has 0 saturated heterocycles. The van der Waals surface area contributed by atoms with Crippen molar-refractivity contribution in [2.24, 2.45) is 0 Å². The number of carbonyl (C=O) groups excluding carboxylic acids is 1. The maximum atomic E-state index is 13.9. The van der Waals surface area contributed by atoms with Crippen LogP contribution in [-0.4, -0.2) is 36.9 Å². The van der Waals surface area contributed by atoms with E-state index in [4.69, 9.17) is 17.3 Å². The number of nitrogens with zero attached hydrogens (tertiary/aromatic N) is 2. The van der Waals surface area contributed by atoms with E-state index in [0.29, 0.717) is 23.5 Å². The summed E-state index contributed by atoms with van der Waals surface area (Å²) < 4.78 is 40.0. The Morgan fingerprint density at radius 2 is 2.10 bits per heavy atom. The molecular formula is C22H22BF2N3O3. The van der Waals surface area contributed by atoms with Crippen LogP contribution in [0.3, 0.4) is 0 Å². The van der Waals surface area contributed by atoms with Crippen molar-refractivity contribution >= 4 is 19.4 Å². The highest BCUT2D eigenvalue weighted by Crippen LogP contribution is 2.36. The number of hydrogen-bond acceptors (Lipinski definition) is 4. The van der Waals surface area contributed by atoms with Crippen molar-refractivity contribution in [1.82, 2.24) is 14.7 Å². The van der Waals surface area contributed by atoms with E-state index in [-0.39, 0.29) is 30.3 Å². The third kappa shape index (κ3) is 3.78. The lowest BCUT2D eigenvalue weighted by atomic mass is 9.68. The van der Waals surface area contributed by atoms with Gasteiger partial charge in [0.2, 0.25) is 0 Å². The first kappa shape index (κ1) is 21.3. The molecular weight excluding hydrogens is 403 g/mol. The van der Waals surface area contributed by atoms with Gasteiger partial charge in [0, 0.05) is 42.5 Å². The van der Waals surface area contributed by atoms with E-state index in [2.05, 4.69) is 10.3 Å². The van der Waals surface area contributed by atoms with Crippen molar-refractivity contribution in [3.05, 3.63) is 64.6 Å². The average Bonchev–Trinajstić information content (AvgIpc) is 3.13. The lowest BCUT2D eigenvalue weighted by Crippen LogP contribution is -2.49. The van der Waals surface area contributed by atoms with Crippen molar-refractivity contribution in [3.8, 4) is 5.75 Å². The third-order valence-corrected chi connectivity index (χ3v) is 5.42. The maximum absolute atomic E-state index is 13.9. The van der Waals surface area contributed by atoms with Gasteiger partial charge >= 0.3 is 0 Å². The van der Waals surface area contributed by atoms with Crippen LogP contribution >= 0.6 is 0 Å². The number of hydrogen-bond donors (Lipinski definition) is 1. The summed E-state index contributed by atoms with van der Waals surface area (Å²) in [6.07, 6.45) is 1.97. The lowest BCUT2D eigenvalue weighted by molar-refractivity contribution is 0.0910. The van der Waals surface area contributed by atoms with Crippen molar-refractivity contribution in [1.29, 1.82) is 0 Å². The average molecular weight is 425 g/mol. The minimum Gasteiger partial charge on any atom is -0.493 e. The van der Waals surface area contributed by atoms with Crippen LogP contribution in [-0.2, 0) is 16.8 Å². The van der Waals surface area contributed by atoms with Crippen molar-refractivity contribution in [3.63, 3.8) is 0 Å². The van der Waals surface area contributed by atoms with E-state index < -0.39 is 23.0 Å². The fraction of sp³-hybridized carbons (Fsp3) is 0.364. The summed E-state index contributed by atoms with van der Waals surface area (Å²) in [7, 11) is 8.03. The van der Waals surface area contributed by atoms with Gasteiger partial charge in [-0.1, -0.05) is 13.8 Å². The molecule has 1 aliphatic rings. The van der Waals surface area contributed by atoms with Gasteiger partial charge in [0.25, 0.3) is 5.91 Å². The largest absolute Gasteiger partial charge is 0.493 e. The molecule has 1 amide bonds. The van der Waals surface area contributed by atoms with Crippen molar-refractivity contribution in [2.45, 2.75) is 38.2 Å². The molecule has 160 valence electrons. The fourth-order valence-electron chi connectivity index (χ4n) is 3.85. The monoisotopic (exact) mass is 425 g/mol. The smallest absolute Gasteiger partial charge is 0.255 e. The van der Waals surface area contributed by atoms with Crippen LogP contribution in [0.25, 0.3) is 5.65 Å². The van der Waals surface area contributed by atoms with Gasteiger partial charge < -0.3 is 19.2 Å². The van der Waals surface area contributed by atoms with Gasteiger partial charge in [0.1, 0.15) is 19.2 Å². The number of aromatic nitrogens is 2. The van der Waals surface area contributed by atoms with Crippen LogP contribution < -0.4 is 10.1 Å². The number of methoxy groups -OCH3 is 1. The van der Waals surface area contributed by atoms with Gasteiger partial charge in [-0.05, 0) is 24.1 Å².